The number of carbonyl (C=O) groups is 1. The van der Waals surface area contributed by atoms with E-state index >= 15 is 0 Å². The van der Waals surface area contributed by atoms with E-state index in [4.69, 9.17) is 5.73 Å². The van der Waals surface area contributed by atoms with E-state index in [1.807, 2.05) is 13.8 Å². The molecule has 0 fully saturated rings. The Morgan fingerprint density at radius 2 is 2.38 bits per heavy atom. The molecule has 0 aliphatic rings. The fraction of sp³-hybridized carbons (Fsp3) is 0.636. The van der Waals surface area contributed by atoms with E-state index in [9.17, 15) is 4.79 Å². The lowest BCUT2D eigenvalue weighted by Crippen LogP contribution is -2.27. The minimum absolute atomic E-state index is 0.0456. The first-order valence-electron chi connectivity index (χ1n) is 5.62. The minimum atomic E-state index is -0.0734. The topological polar surface area (TPSA) is 83.8 Å². The summed E-state index contributed by atoms with van der Waals surface area (Å²) in [6, 6.07) is -0.0734. The van der Waals surface area contributed by atoms with Gasteiger partial charge in [0.15, 0.2) is 0 Å². The van der Waals surface area contributed by atoms with Gasteiger partial charge in [-0.15, -0.1) is 0 Å². The van der Waals surface area contributed by atoms with Crippen LogP contribution in [0, 0.1) is 5.92 Å². The number of H-pyrrole nitrogens is 1. The van der Waals surface area contributed by atoms with Crippen LogP contribution in [-0.2, 0) is 4.79 Å². The zero-order valence-electron chi connectivity index (χ0n) is 9.86. The Balaban J connectivity index is 2.29. The summed E-state index contributed by atoms with van der Waals surface area (Å²) in [5.41, 5.74) is 5.49. The van der Waals surface area contributed by atoms with Crippen molar-refractivity contribution in [3.05, 3.63) is 18.2 Å². The first-order chi connectivity index (χ1) is 7.63. The van der Waals surface area contributed by atoms with Gasteiger partial charge in [0.05, 0.1) is 6.04 Å². The number of nitrogens with zero attached hydrogens (tertiary/aromatic N) is 1. The third-order valence-corrected chi connectivity index (χ3v) is 2.57. The monoisotopic (exact) mass is 224 g/mol. The fourth-order valence-electron chi connectivity index (χ4n) is 1.39. The molecule has 1 rings (SSSR count). The fourth-order valence-corrected chi connectivity index (χ4v) is 1.39. The van der Waals surface area contributed by atoms with Gasteiger partial charge in [-0.2, -0.15) is 0 Å². The molecule has 1 amide bonds. The predicted molar refractivity (Wildman–Crippen MR) is 62.6 cm³/mol. The number of nitrogens with one attached hydrogen (secondary N) is 2. The lowest BCUT2D eigenvalue weighted by atomic mass is 10.1. The van der Waals surface area contributed by atoms with E-state index in [0.29, 0.717) is 18.9 Å². The van der Waals surface area contributed by atoms with Crippen LogP contribution in [-0.4, -0.2) is 22.4 Å². The molecule has 5 nitrogen and oxygen atoms in total. The quantitative estimate of drug-likeness (QED) is 0.673. The molecule has 16 heavy (non-hydrogen) atoms. The number of rotatable bonds is 6. The SMILES string of the molecule is CC(CN)CCC(=O)NC(C)c1ncc[nH]1. The maximum Gasteiger partial charge on any atom is 0.220 e. The van der Waals surface area contributed by atoms with Gasteiger partial charge in [-0.3, -0.25) is 4.79 Å². The molecule has 4 N–H and O–H groups in total. The van der Waals surface area contributed by atoms with Gasteiger partial charge in [0.2, 0.25) is 5.91 Å². The number of amides is 1. The van der Waals surface area contributed by atoms with Gasteiger partial charge in [-0.25, -0.2) is 4.98 Å². The third kappa shape index (κ3) is 4.02. The second-order valence-electron chi connectivity index (χ2n) is 4.14. The lowest BCUT2D eigenvalue weighted by molar-refractivity contribution is -0.122. The Morgan fingerprint density at radius 1 is 1.62 bits per heavy atom. The molecule has 0 saturated carbocycles. The molecule has 0 saturated heterocycles. The molecular formula is C11H20N4O. The maximum absolute atomic E-state index is 11.6. The summed E-state index contributed by atoms with van der Waals surface area (Å²) in [6.45, 7) is 4.58. The van der Waals surface area contributed by atoms with Crippen LogP contribution in [0.1, 0.15) is 38.6 Å². The highest BCUT2D eigenvalue weighted by Gasteiger charge is 2.11. The van der Waals surface area contributed by atoms with Gasteiger partial charge in [0.1, 0.15) is 5.82 Å². The summed E-state index contributed by atoms with van der Waals surface area (Å²) >= 11 is 0. The second kappa shape index (κ2) is 6.27. The molecule has 2 unspecified atom stereocenters. The molecule has 1 aromatic heterocycles. The van der Waals surface area contributed by atoms with E-state index in [1.165, 1.54) is 0 Å². The molecule has 0 aliphatic carbocycles. The highest BCUT2D eigenvalue weighted by molar-refractivity contribution is 5.76. The van der Waals surface area contributed by atoms with Crippen molar-refractivity contribution in [2.45, 2.75) is 32.7 Å². The Hall–Kier alpha value is -1.36. The predicted octanol–water partition coefficient (Wildman–Crippen LogP) is 0.962. The van der Waals surface area contributed by atoms with Crippen LogP contribution in [0.4, 0.5) is 0 Å². The van der Waals surface area contributed by atoms with E-state index in [2.05, 4.69) is 15.3 Å². The molecule has 5 heteroatoms. The zero-order chi connectivity index (χ0) is 12.0. The summed E-state index contributed by atoms with van der Waals surface area (Å²) in [5.74, 6) is 1.22. The molecule has 2 atom stereocenters. The zero-order valence-corrected chi connectivity index (χ0v) is 9.86. The van der Waals surface area contributed by atoms with Gasteiger partial charge in [-0.05, 0) is 25.8 Å². The van der Waals surface area contributed by atoms with Crippen LogP contribution in [0.25, 0.3) is 0 Å². The molecule has 0 radical (unpaired) electrons. The van der Waals surface area contributed by atoms with Crippen molar-refractivity contribution in [3.63, 3.8) is 0 Å². The second-order valence-corrected chi connectivity index (χ2v) is 4.14. The van der Waals surface area contributed by atoms with Crippen molar-refractivity contribution < 1.29 is 4.79 Å². The van der Waals surface area contributed by atoms with Crippen molar-refractivity contribution in [1.29, 1.82) is 0 Å². The van der Waals surface area contributed by atoms with Gasteiger partial charge < -0.3 is 16.0 Å². The van der Waals surface area contributed by atoms with Crippen LogP contribution in [0.2, 0.25) is 0 Å². The molecule has 1 aromatic rings. The Morgan fingerprint density at radius 3 is 2.94 bits per heavy atom. The lowest BCUT2D eigenvalue weighted by Gasteiger charge is -2.12. The minimum Gasteiger partial charge on any atom is -0.347 e. The van der Waals surface area contributed by atoms with Crippen LogP contribution in [0.5, 0.6) is 0 Å². The van der Waals surface area contributed by atoms with Gasteiger partial charge in [-0.1, -0.05) is 6.92 Å². The highest BCUT2D eigenvalue weighted by atomic mass is 16.1. The van der Waals surface area contributed by atoms with E-state index < -0.39 is 0 Å². The first-order valence-corrected chi connectivity index (χ1v) is 5.62. The summed E-state index contributed by atoms with van der Waals surface area (Å²) in [6.07, 6.45) is 4.76. The molecular weight excluding hydrogens is 204 g/mol. The van der Waals surface area contributed by atoms with Crippen molar-refractivity contribution in [1.82, 2.24) is 15.3 Å². The van der Waals surface area contributed by atoms with Crippen molar-refractivity contribution in [2.24, 2.45) is 11.7 Å². The molecule has 1 heterocycles. The Kier molecular flexibility index (Phi) is 4.98. The van der Waals surface area contributed by atoms with Gasteiger partial charge in [0, 0.05) is 18.8 Å². The first kappa shape index (κ1) is 12.7. The number of carbonyl (C=O) groups excluding carboxylic acids is 1. The van der Waals surface area contributed by atoms with Crippen LogP contribution >= 0.6 is 0 Å². The van der Waals surface area contributed by atoms with Crippen LogP contribution < -0.4 is 11.1 Å². The number of nitrogens with two attached hydrogens (primary N) is 1. The average molecular weight is 224 g/mol. The van der Waals surface area contributed by atoms with E-state index in [1.54, 1.807) is 12.4 Å². The number of hydrogen-bond donors (Lipinski definition) is 3. The standard InChI is InChI=1S/C11H20N4O/c1-8(7-12)3-4-10(16)15-9(2)11-13-5-6-14-11/h5-6,8-9H,3-4,7,12H2,1-2H3,(H,13,14)(H,15,16). The summed E-state index contributed by atoms with van der Waals surface area (Å²) < 4.78 is 0. The smallest absolute Gasteiger partial charge is 0.220 e. The van der Waals surface area contributed by atoms with E-state index in [-0.39, 0.29) is 11.9 Å². The largest absolute Gasteiger partial charge is 0.347 e. The Bertz CT molecular complexity index is 310. The van der Waals surface area contributed by atoms with Crippen LogP contribution in [0.3, 0.4) is 0 Å². The highest BCUT2D eigenvalue weighted by Crippen LogP contribution is 2.07. The third-order valence-electron chi connectivity index (χ3n) is 2.57. The molecule has 90 valence electrons. The molecule has 0 aromatic carbocycles. The molecule has 0 spiro atoms. The molecule has 0 aliphatic heterocycles. The number of imidazole rings is 1. The summed E-state index contributed by atoms with van der Waals surface area (Å²) in [7, 11) is 0. The van der Waals surface area contributed by atoms with Crippen molar-refractivity contribution >= 4 is 5.91 Å². The molecule has 0 bridgehead atoms. The normalized spacial score (nSPS) is 14.4. The average Bonchev–Trinajstić information content (AvgIpc) is 2.79. The summed E-state index contributed by atoms with van der Waals surface area (Å²) in [4.78, 5) is 18.6. The number of aromatic amines is 1. The number of hydrogen-bond acceptors (Lipinski definition) is 3. The van der Waals surface area contributed by atoms with Gasteiger partial charge >= 0.3 is 0 Å². The summed E-state index contributed by atoms with van der Waals surface area (Å²) in [5, 5.41) is 2.89. The number of aromatic nitrogens is 2. The van der Waals surface area contributed by atoms with Crippen LogP contribution in [0.15, 0.2) is 12.4 Å². The van der Waals surface area contributed by atoms with Gasteiger partial charge in [0.25, 0.3) is 0 Å². The van der Waals surface area contributed by atoms with Crippen molar-refractivity contribution in [3.8, 4) is 0 Å². The van der Waals surface area contributed by atoms with E-state index in [0.717, 1.165) is 12.2 Å². The Labute approximate surface area is 95.8 Å². The van der Waals surface area contributed by atoms with Crippen molar-refractivity contribution in [2.75, 3.05) is 6.54 Å². The maximum atomic E-state index is 11.6.